The minimum atomic E-state index is -0.826. The Labute approximate surface area is 410 Å². The molecule has 0 aliphatic heterocycles. The van der Waals surface area contributed by atoms with E-state index >= 15 is 0 Å². The zero-order valence-corrected chi connectivity index (χ0v) is 44.8. The van der Waals surface area contributed by atoms with Crippen molar-refractivity contribution in [1.82, 2.24) is 0 Å². The fraction of sp³-hybridized carbons (Fsp3) is 0.500. The van der Waals surface area contributed by atoms with Crippen LogP contribution in [0.4, 0.5) is 0 Å². The molecule has 10 rings (SSSR count). The van der Waals surface area contributed by atoms with Gasteiger partial charge in [-0.3, -0.25) is 0 Å². The summed E-state index contributed by atoms with van der Waals surface area (Å²) < 4.78 is 0. The molecule has 4 heteroatoms. The number of halogens is 2. The van der Waals surface area contributed by atoms with E-state index in [-0.39, 0.29) is 0 Å². The van der Waals surface area contributed by atoms with Crippen LogP contribution in [-0.2, 0) is 33.7 Å². The average molecular weight is 987 g/mol. The second-order valence-electron chi connectivity index (χ2n) is 20.3. The first-order chi connectivity index (χ1) is 31.3. The van der Waals surface area contributed by atoms with E-state index in [0.717, 1.165) is 33.2 Å². The van der Waals surface area contributed by atoms with E-state index in [1.54, 1.807) is 22.3 Å². The first kappa shape index (κ1) is 49.7. The third kappa shape index (κ3) is 13.9. The summed E-state index contributed by atoms with van der Waals surface area (Å²) in [5.41, 5.74) is 14.6. The van der Waals surface area contributed by atoms with Crippen LogP contribution in [0.2, 0.25) is 13.1 Å². The number of aryl methyl sites for hydroxylation is 2. The molecule has 0 N–H and O–H groups in total. The number of benzene rings is 4. The van der Waals surface area contributed by atoms with Crippen molar-refractivity contribution in [1.29, 1.82) is 0 Å². The van der Waals surface area contributed by atoms with Gasteiger partial charge in [-0.15, -0.1) is 56.9 Å². The quantitative estimate of drug-likeness (QED) is 0.105. The van der Waals surface area contributed by atoms with E-state index in [4.69, 9.17) is 17.0 Å². The zero-order chi connectivity index (χ0) is 44.7. The van der Waals surface area contributed by atoms with Gasteiger partial charge in [-0.2, -0.15) is 12.1 Å². The molecule has 6 aromatic carbocycles. The van der Waals surface area contributed by atoms with Crippen LogP contribution in [0.5, 0.6) is 0 Å². The fourth-order valence-electron chi connectivity index (χ4n) is 12.0. The molecule has 0 unspecified atom stereocenters. The maximum atomic E-state index is 4.93. The summed E-state index contributed by atoms with van der Waals surface area (Å²) in [5.74, 6) is 3.38. The summed E-state index contributed by atoms with van der Waals surface area (Å²) in [5, 5.41) is 5.77. The normalized spacial score (nSPS) is 17.7. The second-order valence-corrected chi connectivity index (χ2v) is 25.0. The van der Waals surface area contributed by atoms with Crippen LogP contribution >= 0.6 is 17.0 Å². The Balaban J connectivity index is 0.000000171. The Bertz CT molecular complexity index is 2110. The van der Waals surface area contributed by atoms with Crippen LogP contribution in [0, 0.1) is 25.7 Å². The van der Waals surface area contributed by atoms with Crippen molar-refractivity contribution in [3.05, 3.63) is 130 Å². The number of rotatable bonds is 8. The molecule has 0 heterocycles. The Morgan fingerprint density at radius 1 is 0.469 bits per heavy atom. The number of hydrogen-bond acceptors (Lipinski definition) is 0. The van der Waals surface area contributed by atoms with Crippen molar-refractivity contribution < 1.29 is 20.8 Å². The van der Waals surface area contributed by atoms with Gasteiger partial charge in [0, 0.05) is 9.52 Å². The molecule has 4 aliphatic rings. The molecule has 0 saturated heterocycles. The Morgan fingerprint density at radius 2 is 0.781 bits per heavy atom. The predicted octanol–water partition coefficient (Wildman–Crippen LogP) is 19.6. The van der Waals surface area contributed by atoms with Crippen LogP contribution in [0.15, 0.2) is 97.1 Å². The minimum absolute atomic E-state index is 0.788. The summed E-state index contributed by atoms with van der Waals surface area (Å²) in [6.07, 6.45) is 30.8. The molecule has 4 saturated carbocycles. The van der Waals surface area contributed by atoms with E-state index in [1.165, 1.54) is 196 Å². The summed E-state index contributed by atoms with van der Waals surface area (Å²) in [6, 6.07) is 38.6. The predicted molar refractivity (Wildman–Crippen MR) is 281 cm³/mol. The molecule has 0 bridgehead atoms. The van der Waals surface area contributed by atoms with Crippen molar-refractivity contribution >= 4 is 48.1 Å². The molecule has 0 aromatic heterocycles. The van der Waals surface area contributed by atoms with Crippen molar-refractivity contribution in [2.45, 2.75) is 180 Å². The van der Waals surface area contributed by atoms with Crippen LogP contribution < -0.4 is 0 Å². The third-order valence-corrected chi connectivity index (χ3v) is 15.1. The molecule has 0 spiro atoms. The van der Waals surface area contributed by atoms with Gasteiger partial charge in [-0.25, -0.2) is 0 Å². The van der Waals surface area contributed by atoms with Crippen LogP contribution in [0.25, 0.3) is 43.8 Å². The topological polar surface area (TPSA) is 0 Å². The van der Waals surface area contributed by atoms with E-state index in [0.29, 0.717) is 0 Å². The Kier molecular flexibility index (Phi) is 20.0. The summed E-state index contributed by atoms with van der Waals surface area (Å²) in [4.78, 5) is 0. The Hall–Kier alpha value is -2.22. The average Bonchev–Trinajstić information content (AvgIpc) is 3.93. The first-order valence-electron chi connectivity index (χ1n) is 25.5. The maximum absolute atomic E-state index is 4.93. The molecule has 6 aromatic rings. The zero-order valence-electron chi connectivity index (χ0n) is 39.9. The van der Waals surface area contributed by atoms with Crippen LogP contribution in [0.3, 0.4) is 0 Å². The monoisotopic (exact) mass is 984 g/mol. The molecule has 64 heavy (non-hydrogen) atoms. The molecular weight excluding hydrogens is 911 g/mol. The molecule has 0 nitrogen and oxygen atoms in total. The summed E-state index contributed by atoms with van der Waals surface area (Å²) in [7, 11) is 11.0. The van der Waals surface area contributed by atoms with Gasteiger partial charge < -0.3 is 0 Å². The summed E-state index contributed by atoms with van der Waals surface area (Å²) >= 11 is -0.826. The van der Waals surface area contributed by atoms with Gasteiger partial charge in [0.1, 0.15) is 0 Å². The first-order valence-corrected chi connectivity index (χ1v) is 33.8. The van der Waals surface area contributed by atoms with Crippen LogP contribution in [-0.4, -0.2) is 9.52 Å². The van der Waals surface area contributed by atoms with Crippen molar-refractivity contribution in [3.8, 4) is 22.3 Å². The summed E-state index contributed by atoms with van der Waals surface area (Å²) in [6.45, 7) is 8.79. The van der Waals surface area contributed by atoms with Gasteiger partial charge in [0.2, 0.25) is 0 Å². The standard InChI is InChI=1S/2C29H35.C2H6Si.2ClH.Zr/c2*1-21-16-27-19-23(18-22-8-4-2-5-9-22)20-29(27)28(17-21)26-14-12-25(13-15-26)24-10-6-3-7-11-24;1-3-2;;;/h2*12-17,19-20,22,24H,2-11,18H2,1H3;1-2H3;2*1H;/q2*-1;;;;+4/p-2. The van der Waals surface area contributed by atoms with Gasteiger partial charge in [0.15, 0.2) is 0 Å². The third-order valence-electron chi connectivity index (χ3n) is 15.1. The van der Waals surface area contributed by atoms with Crippen LogP contribution in [0.1, 0.15) is 174 Å². The van der Waals surface area contributed by atoms with E-state index in [1.807, 2.05) is 0 Å². The van der Waals surface area contributed by atoms with Gasteiger partial charge in [0.05, 0.1) is 0 Å². The Morgan fingerprint density at radius 3 is 1.11 bits per heavy atom. The van der Waals surface area contributed by atoms with Gasteiger partial charge in [-0.05, 0) is 98.3 Å². The molecule has 4 fully saturated rings. The second kappa shape index (κ2) is 25.8. The van der Waals surface area contributed by atoms with E-state index in [9.17, 15) is 0 Å². The molecule has 0 atom stereocenters. The molecule has 0 amide bonds. The SMILES string of the molecule is C[Si]C.Cc1cc(-c2ccc(C3CCCCC3)cc2)c2cc(CC3CCCCC3)[cH-]c2c1.Cc1cc(-c2ccc(C3CCCCC3)cc2)c2cc(CC3CCCCC3)[cH-]c2c1.[Cl][Zr+2][Cl]. The molecular formula is C60H76Cl2SiZr. The fourth-order valence-corrected chi connectivity index (χ4v) is 12.0. The van der Waals surface area contributed by atoms with E-state index < -0.39 is 20.8 Å². The van der Waals surface area contributed by atoms with Gasteiger partial charge >= 0.3 is 37.9 Å². The van der Waals surface area contributed by atoms with Gasteiger partial charge in [-0.1, -0.05) is 199 Å². The van der Waals surface area contributed by atoms with Crippen molar-refractivity contribution in [2.24, 2.45) is 11.8 Å². The van der Waals surface area contributed by atoms with Crippen molar-refractivity contribution in [2.75, 3.05) is 0 Å². The van der Waals surface area contributed by atoms with Gasteiger partial charge in [0.25, 0.3) is 0 Å². The van der Waals surface area contributed by atoms with E-state index in [2.05, 4.69) is 124 Å². The van der Waals surface area contributed by atoms with Crippen molar-refractivity contribution in [3.63, 3.8) is 0 Å². The molecule has 338 valence electrons. The molecule has 4 aliphatic carbocycles. The number of hydrogen-bond donors (Lipinski definition) is 0. The number of fused-ring (bicyclic) bond motifs is 2. The molecule has 2 radical (unpaired) electrons.